The lowest BCUT2D eigenvalue weighted by molar-refractivity contribution is -0.135. The minimum atomic E-state index is -0.619. The van der Waals surface area contributed by atoms with Gasteiger partial charge in [-0.25, -0.2) is 4.79 Å². The summed E-state index contributed by atoms with van der Waals surface area (Å²) in [5, 5.41) is 12.3. The minimum absolute atomic E-state index is 0.0400. The molecule has 0 saturated carbocycles. The van der Waals surface area contributed by atoms with Gasteiger partial charge < -0.3 is 20.1 Å². The predicted octanol–water partition coefficient (Wildman–Crippen LogP) is 0.739. The molecule has 110 valence electrons. The molecule has 1 rings (SSSR count). The third-order valence-corrected chi connectivity index (χ3v) is 3.54. The number of likely N-dealkylation sites (tertiary alicyclic amines) is 1. The number of aliphatic hydroxyl groups excluding tert-OH is 1. The summed E-state index contributed by atoms with van der Waals surface area (Å²) in [5.41, 5.74) is 0. The fraction of sp³-hybridized carbons (Fsp3) is 0.846. The Morgan fingerprint density at radius 3 is 2.58 bits per heavy atom. The summed E-state index contributed by atoms with van der Waals surface area (Å²) in [4.78, 5) is 25.5. The fourth-order valence-electron chi connectivity index (χ4n) is 2.43. The quantitative estimate of drug-likeness (QED) is 0.791. The molecule has 1 heterocycles. The van der Waals surface area contributed by atoms with Crippen molar-refractivity contribution >= 4 is 12.0 Å². The van der Waals surface area contributed by atoms with E-state index < -0.39 is 18.2 Å². The first-order chi connectivity index (χ1) is 8.90. The van der Waals surface area contributed by atoms with Gasteiger partial charge in [-0.05, 0) is 18.8 Å². The van der Waals surface area contributed by atoms with Crippen LogP contribution in [0.4, 0.5) is 4.79 Å². The van der Waals surface area contributed by atoms with Crippen LogP contribution in [0.2, 0.25) is 0 Å². The van der Waals surface area contributed by atoms with Crippen molar-refractivity contribution in [2.45, 2.75) is 51.8 Å². The molecule has 2 amide bonds. The van der Waals surface area contributed by atoms with Crippen LogP contribution < -0.4 is 5.32 Å². The van der Waals surface area contributed by atoms with Gasteiger partial charge in [-0.15, -0.1) is 0 Å². The van der Waals surface area contributed by atoms with Crippen LogP contribution >= 0.6 is 0 Å². The van der Waals surface area contributed by atoms with Gasteiger partial charge in [0.1, 0.15) is 6.04 Å². The highest BCUT2D eigenvalue weighted by molar-refractivity contribution is 5.86. The highest BCUT2D eigenvalue weighted by Gasteiger charge is 2.37. The van der Waals surface area contributed by atoms with Crippen LogP contribution in [0.1, 0.15) is 33.6 Å². The van der Waals surface area contributed by atoms with Crippen molar-refractivity contribution in [1.29, 1.82) is 0 Å². The highest BCUT2D eigenvalue weighted by atomic mass is 16.5. The van der Waals surface area contributed by atoms with E-state index in [4.69, 9.17) is 0 Å². The third-order valence-electron chi connectivity index (χ3n) is 3.54. The standard InChI is InChI=1S/C13H24N2O4/c1-5-9-6-10(16)7-15(9)12(17)11(8(2)3)14-13(18)19-4/h8-11,16H,5-7H2,1-4H3,(H,14,18). The molecule has 1 aliphatic heterocycles. The molecule has 19 heavy (non-hydrogen) atoms. The van der Waals surface area contributed by atoms with E-state index in [9.17, 15) is 14.7 Å². The summed E-state index contributed by atoms with van der Waals surface area (Å²) < 4.78 is 4.55. The molecule has 0 spiro atoms. The van der Waals surface area contributed by atoms with Crippen molar-refractivity contribution in [3.63, 3.8) is 0 Å². The van der Waals surface area contributed by atoms with Gasteiger partial charge in [-0.3, -0.25) is 4.79 Å². The van der Waals surface area contributed by atoms with Gasteiger partial charge in [0.15, 0.2) is 0 Å². The minimum Gasteiger partial charge on any atom is -0.453 e. The van der Waals surface area contributed by atoms with Gasteiger partial charge in [-0.1, -0.05) is 20.8 Å². The van der Waals surface area contributed by atoms with E-state index in [2.05, 4.69) is 10.1 Å². The summed E-state index contributed by atoms with van der Waals surface area (Å²) in [6.45, 7) is 6.06. The number of carbonyl (C=O) groups excluding carboxylic acids is 2. The number of methoxy groups -OCH3 is 1. The molecule has 0 aromatic rings. The largest absolute Gasteiger partial charge is 0.453 e. The predicted molar refractivity (Wildman–Crippen MR) is 70.6 cm³/mol. The monoisotopic (exact) mass is 272 g/mol. The fourth-order valence-corrected chi connectivity index (χ4v) is 2.43. The van der Waals surface area contributed by atoms with Crippen molar-refractivity contribution < 1.29 is 19.4 Å². The Morgan fingerprint density at radius 2 is 2.11 bits per heavy atom. The molecule has 1 fully saturated rings. The second kappa shape index (κ2) is 6.75. The molecule has 0 bridgehead atoms. The first-order valence-electron chi connectivity index (χ1n) is 6.73. The topological polar surface area (TPSA) is 78.9 Å². The number of hydrogen-bond acceptors (Lipinski definition) is 4. The summed E-state index contributed by atoms with van der Waals surface area (Å²) in [7, 11) is 1.27. The van der Waals surface area contributed by atoms with Crippen molar-refractivity contribution in [2.75, 3.05) is 13.7 Å². The molecule has 0 aliphatic carbocycles. The Morgan fingerprint density at radius 1 is 1.47 bits per heavy atom. The first-order valence-corrected chi connectivity index (χ1v) is 6.73. The van der Waals surface area contributed by atoms with Crippen LogP contribution in [0, 0.1) is 5.92 Å². The molecule has 6 heteroatoms. The number of amides is 2. The lowest BCUT2D eigenvalue weighted by Crippen LogP contribution is -2.52. The van der Waals surface area contributed by atoms with Crippen LogP contribution in [-0.2, 0) is 9.53 Å². The van der Waals surface area contributed by atoms with Crippen LogP contribution in [0.3, 0.4) is 0 Å². The van der Waals surface area contributed by atoms with E-state index in [0.717, 1.165) is 6.42 Å². The van der Waals surface area contributed by atoms with Crippen molar-refractivity contribution in [3.05, 3.63) is 0 Å². The number of nitrogens with one attached hydrogen (secondary N) is 1. The summed E-state index contributed by atoms with van der Waals surface area (Å²) in [6, 6.07) is -0.574. The Balaban J connectivity index is 2.78. The normalized spacial score (nSPS) is 24.4. The van der Waals surface area contributed by atoms with E-state index in [1.807, 2.05) is 20.8 Å². The van der Waals surface area contributed by atoms with E-state index >= 15 is 0 Å². The second-order valence-corrected chi connectivity index (χ2v) is 5.30. The maximum Gasteiger partial charge on any atom is 0.407 e. The maximum absolute atomic E-state index is 12.5. The zero-order valence-corrected chi connectivity index (χ0v) is 12.0. The number of carbonyl (C=O) groups is 2. The first kappa shape index (κ1) is 15.8. The summed E-state index contributed by atoms with van der Waals surface area (Å²) >= 11 is 0. The number of nitrogens with zero attached hydrogens (tertiary/aromatic N) is 1. The molecule has 3 atom stereocenters. The van der Waals surface area contributed by atoms with E-state index in [1.165, 1.54) is 7.11 Å². The maximum atomic E-state index is 12.5. The van der Waals surface area contributed by atoms with Gasteiger partial charge in [0.05, 0.1) is 13.2 Å². The van der Waals surface area contributed by atoms with Crippen LogP contribution in [0.25, 0.3) is 0 Å². The van der Waals surface area contributed by atoms with Gasteiger partial charge in [0, 0.05) is 12.6 Å². The van der Waals surface area contributed by atoms with Gasteiger partial charge in [-0.2, -0.15) is 0 Å². The van der Waals surface area contributed by atoms with Gasteiger partial charge >= 0.3 is 6.09 Å². The smallest absolute Gasteiger partial charge is 0.407 e. The number of β-amino-alcohol motifs (C(OH)–C–C–N with tert-alkyl or cyclic N) is 1. The zero-order chi connectivity index (χ0) is 14.6. The number of aliphatic hydroxyl groups is 1. The molecule has 1 aliphatic rings. The van der Waals surface area contributed by atoms with Crippen LogP contribution in [0.15, 0.2) is 0 Å². The Bertz CT molecular complexity index is 333. The van der Waals surface area contributed by atoms with Crippen molar-refractivity contribution in [1.82, 2.24) is 10.2 Å². The lowest BCUT2D eigenvalue weighted by atomic mass is 10.0. The molecule has 0 aromatic heterocycles. The van der Waals surface area contributed by atoms with E-state index in [1.54, 1.807) is 4.90 Å². The summed E-state index contributed by atoms with van der Waals surface area (Å²) in [6.07, 6.45) is 0.316. The molecule has 3 unspecified atom stereocenters. The Hall–Kier alpha value is -1.30. The highest BCUT2D eigenvalue weighted by Crippen LogP contribution is 2.22. The van der Waals surface area contributed by atoms with E-state index in [-0.39, 0.29) is 17.9 Å². The molecule has 0 radical (unpaired) electrons. The molecule has 6 nitrogen and oxygen atoms in total. The average Bonchev–Trinajstić information content (AvgIpc) is 2.75. The van der Waals surface area contributed by atoms with Crippen LogP contribution in [0.5, 0.6) is 0 Å². The molecular weight excluding hydrogens is 248 g/mol. The molecule has 2 N–H and O–H groups in total. The SMILES string of the molecule is CCC1CC(O)CN1C(=O)C(NC(=O)OC)C(C)C. The van der Waals surface area contributed by atoms with E-state index in [0.29, 0.717) is 13.0 Å². The molecule has 0 aromatic carbocycles. The summed E-state index contributed by atoms with van der Waals surface area (Å²) in [5.74, 6) is -0.189. The number of alkyl carbamates (subject to hydrolysis) is 1. The average molecular weight is 272 g/mol. The number of ether oxygens (including phenoxy) is 1. The Labute approximate surface area is 114 Å². The number of rotatable bonds is 4. The molecular formula is C13H24N2O4. The lowest BCUT2D eigenvalue weighted by Gasteiger charge is -2.30. The zero-order valence-electron chi connectivity index (χ0n) is 12.0. The van der Waals surface area contributed by atoms with Crippen LogP contribution in [-0.4, -0.2) is 53.8 Å². The number of hydrogen-bond donors (Lipinski definition) is 2. The van der Waals surface area contributed by atoms with Gasteiger partial charge in [0.25, 0.3) is 0 Å². The van der Waals surface area contributed by atoms with Crippen molar-refractivity contribution in [2.24, 2.45) is 5.92 Å². The van der Waals surface area contributed by atoms with Gasteiger partial charge in [0.2, 0.25) is 5.91 Å². The third kappa shape index (κ3) is 3.83. The second-order valence-electron chi connectivity index (χ2n) is 5.30. The Kier molecular flexibility index (Phi) is 5.60. The van der Waals surface area contributed by atoms with Crippen molar-refractivity contribution in [3.8, 4) is 0 Å². The molecule has 1 saturated heterocycles.